The molecule has 3 nitrogen and oxygen atoms in total. The standard InChI is InChI=1S/C15H21NO2/c1-18-15-7-6-13(12-17)10-14(15)11-16-8-4-2-3-5-9-16/h6-7,10,12H,2-5,8-9,11H2,1H3. The van der Waals surface area contributed by atoms with Crippen LogP contribution in [0.1, 0.15) is 41.6 Å². The Hall–Kier alpha value is -1.35. The van der Waals surface area contributed by atoms with Gasteiger partial charge in [0.15, 0.2) is 0 Å². The van der Waals surface area contributed by atoms with Crippen molar-refractivity contribution in [3.63, 3.8) is 0 Å². The van der Waals surface area contributed by atoms with E-state index in [9.17, 15) is 4.79 Å². The first kappa shape index (κ1) is 13.1. The molecule has 0 aromatic heterocycles. The zero-order valence-corrected chi connectivity index (χ0v) is 11.0. The molecule has 1 aromatic carbocycles. The fourth-order valence-corrected chi connectivity index (χ4v) is 2.53. The largest absolute Gasteiger partial charge is 0.496 e. The smallest absolute Gasteiger partial charge is 0.150 e. The number of aldehydes is 1. The summed E-state index contributed by atoms with van der Waals surface area (Å²) in [5, 5.41) is 0. The summed E-state index contributed by atoms with van der Waals surface area (Å²) < 4.78 is 5.38. The lowest BCUT2D eigenvalue weighted by atomic mass is 10.1. The average Bonchev–Trinajstić information content (AvgIpc) is 2.67. The van der Waals surface area contributed by atoms with Gasteiger partial charge in [-0.15, -0.1) is 0 Å². The van der Waals surface area contributed by atoms with Crippen LogP contribution >= 0.6 is 0 Å². The fraction of sp³-hybridized carbons (Fsp3) is 0.533. The molecular weight excluding hydrogens is 226 g/mol. The Labute approximate surface area is 109 Å². The van der Waals surface area contributed by atoms with E-state index in [-0.39, 0.29) is 0 Å². The molecule has 18 heavy (non-hydrogen) atoms. The van der Waals surface area contributed by atoms with E-state index < -0.39 is 0 Å². The Kier molecular flexibility index (Phi) is 4.76. The van der Waals surface area contributed by atoms with Crippen molar-refractivity contribution in [3.05, 3.63) is 29.3 Å². The highest BCUT2D eigenvalue weighted by Crippen LogP contribution is 2.22. The second-order valence-corrected chi connectivity index (χ2v) is 4.88. The number of benzene rings is 1. The average molecular weight is 247 g/mol. The van der Waals surface area contributed by atoms with Crippen LogP contribution in [0.4, 0.5) is 0 Å². The summed E-state index contributed by atoms with van der Waals surface area (Å²) in [7, 11) is 1.68. The van der Waals surface area contributed by atoms with Crippen molar-refractivity contribution in [1.82, 2.24) is 4.90 Å². The van der Waals surface area contributed by atoms with Gasteiger partial charge in [-0.25, -0.2) is 0 Å². The van der Waals surface area contributed by atoms with E-state index in [2.05, 4.69) is 4.90 Å². The summed E-state index contributed by atoms with van der Waals surface area (Å²) >= 11 is 0. The molecule has 0 bridgehead atoms. The highest BCUT2D eigenvalue weighted by Gasteiger charge is 2.12. The number of likely N-dealkylation sites (tertiary alicyclic amines) is 1. The quantitative estimate of drug-likeness (QED) is 0.766. The fourth-order valence-electron chi connectivity index (χ4n) is 2.53. The number of carbonyl (C=O) groups excluding carboxylic acids is 1. The zero-order valence-electron chi connectivity index (χ0n) is 11.0. The van der Waals surface area contributed by atoms with E-state index in [0.29, 0.717) is 0 Å². The molecule has 2 rings (SSSR count). The number of rotatable bonds is 4. The third-order valence-corrected chi connectivity index (χ3v) is 3.53. The van der Waals surface area contributed by atoms with Gasteiger partial charge in [0, 0.05) is 17.7 Å². The van der Waals surface area contributed by atoms with Gasteiger partial charge in [-0.1, -0.05) is 12.8 Å². The Bertz CT molecular complexity index is 395. The molecule has 1 heterocycles. The van der Waals surface area contributed by atoms with Crippen molar-refractivity contribution in [1.29, 1.82) is 0 Å². The molecule has 0 unspecified atom stereocenters. The van der Waals surface area contributed by atoms with Gasteiger partial charge in [0.2, 0.25) is 0 Å². The molecule has 1 aromatic rings. The first-order valence-electron chi connectivity index (χ1n) is 6.68. The van der Waals surface area contributed by atoms with Gasteiger partial charge in [0.1, 0.15) is 12.0 Å². The van der Waals surface area contributed by atoms with Crippen molar-refractivity contribution in [2.24, 2.45) is 0 Å². The maximum atomic E-state index is 10.9. The van der Waals surface area contributed by atoms with Crippen molar-refractivity contribution in [3.8, 4) is 5.75 Å². The van der Waals surface area contributed by atoms with Crippen LogP contribution < -0.4 is 4.74 Å². The Balaban J connectivity index is 2.12. The monoisotopic (exact) mass is 247 g/mol. The van der Waals surface area contributed by atoms with Crippen LogP contribution in [0.15, 0.2) is 18.2 Å². The summed E-state index contributed by atoms with van der Waals surface area (Å²) in [6.45, 7) is 3.17. The van der Waals surface area contributed by atoms with Crippen LogP contribution in [0.25, 0.3) is 0 Å². The van der Waals surface area contributed by atoms with Crippen molar-refractivity contribution in [2.75, 3.05) is 20.2 Å². The SMILES string of the molecule is COc1ccc(C=O)cc1CN1CCCCCC1. The Morgan fingerprint density at radius 3 is 2.56 bits per heavy atom. The normalized spacial score (nSPS) is 17.2. The topological polar surface area (TPSA) is 29.5 Å². The molecule has 1 fully saturated rings. The maximum Gasteiger partial charge on any atom is 0.150 e. The number of hydrogen-bond donors (Lipinski definition) is 0. The third-order valence-electron chi connectivity index (χ3n) is 3.53. The van der Waals surface area contributed by atoms with Crippen LogP contribution in [0.2, 0.25) is 0 Å². The molecule has 0 atom stereocenters. The molecule has 0 N–H and O–H groups in total. The van der Waals surface area contributed by atoms with E-state index in [1.165, 1.54) is 25.7 Å². The molecule has 0 aliphatic carbocycles. The zero-order chi connectivity index (χ0) is 12.8. The van der Waals surface area contributed by atoms with Crippen LogP contribution in [-0.2, 0) is 6.54 Å². The van der Waals surface area contributed by atoms with Crippen molar-refractivity contribution >= 4 is 6.29 Å². The minimum absolute atomic E-state index is 0.723. The minimum Gasteiger partial charge on any atom is -0.496 e. The molecular formula is C15H21NO2. The summed E-state index contributed by atoms with van der Waals surface area (Å²) in [5.41, 5.74) is 1.84. The summed E-state index contributed by atoms with van der Waals surface area (Å²) in [6, 6.07) is 5.63. The van der Waals surface area contributed by atoms with Gasteiger partial charge in [0.25, 0.3) is 0 Å². The van der Waals surface area contributed by atoms with E-state index in [1.54, 1.807) is 13.2 Å². The molecule has 0 radical (unpaired) electrons. The van der Waals surface area contributed by atoms with Gasteiger partial charge in [-0.2, -0.15) is 0 Å². The number of methoxy groups -OCH3 is 1. The molecule has 0 saturated carbocycles. The van der Waals surface area contributed by atoms with Gasteiger partial charge >= 0.3 is 0 Å². The Morgan fingerprint density at radius 2 is 1.94 bits per heavy atom. The molecule has 1 aliphatic rings. The lowest BCUT2D eigenvalue weighted by molar-refractivity contribution is 0.112. The lowest BCUT2D eigenvalue weighted by Gasteiger charge is -2.21. The van der Waals surface area contributed by atoms with Gasteiger partial charge in [-0.3, -0.25) is 9.69 Å². The predicted octanol–water partition coefficient (Wildman–Crippen LogP) is 2.88. The second-order valence-electron chi connectivity index (χ2n) is 4.88. The lowest BCUT2D eigenvalue weighted by Crippen LogP contribution is -2.24. The molecule has 98 valence electrons. The highest BCUT2D eigenvalue weighted by molar-refractivity contribution is 5.75. The second kappa shape index (κ2) is 6.55. The van der Waals surface area contributed by atoms with E-state index in [1.807, 2.05) is 12.1 Å². The van der Waals surface area contributed by atoms with Crippen molar-refractivity contribution < 1.29 is 9.53 Å². The molecule has 1 aliphatic heterocycles. The minimum atomic E-state index is 0.723. The van der Waals surface area contributed by atoms with Crippen LogP contribution in [0.3, 0.4) is 0 Å². The first-order valence-corrected chi connectivity index (χ1v) is 6.68. The van der Waals surface area contributed by atoms with Gasteiger partial charge < -0.3 is 4.74 Å². The number of carbonyl (C=O) groups is 1. The van der Waals surface area contributed by atoms with Crippen LogP contribution in [-0.4, -0.2) is 31.4 Å². The molecule has 0 amide bonds. The summed E-state index contributed by atoms with van der Waals surface area (Å²) in [4.78, 5) is 13.3. The Morgan fingerprint density at radius 1 is 1.22 bits per heavy atom. The maximum absolute atomic E-state index is 10.9. The van der Waals surface area contributed by atoms with E-state index in [0.717, 1.165) is 42.8 Å². The van der Waals surface area contributed by atoms with Gasteiger partial charge in [0.05, 0.1) is 7.11 Å². The first-order chi connectivity index (χ1) is 8.83. The van der Waals surface area contributed by atoms with Crippen molar-refractivity contribution in [2.45, 2.75) is 32.2 Å². The van der Waals surface area contributed by atoms with E-state index >= 15 is 0 Å². The summed E-state index contributed by atoms with van der Waals surface area (Å²) in [5.74, 6) is 0.879. The molecule has 3 heteroatoms. The highest BCUT2D eigenvalue weighted by atomic mass is 16.5. The van der Waals surface area contributed by atoms with Gasteiger partial charge in [-0.05, 0) is 44.1 Å². The predicted molar refractivity (Wildman–Crippen MR) is 72.1 cm³/mol. The van der Waals surface area contributed by atoms with Crippen LogP contribution in [0, 0.1) is 0 Å². The number of ether oxygens (including phenoxy) is 1. The third kappa shape index (κ3) is 3.33. The number of hydrogen-bond acceptors (Lipinski definition) is 3. The molecule has 0 spiro atoms. The number of nitrogens with zero attached hydrogens (tertiary/aromatic N) is 1. The summed E-state index contributed by atoms with van der Waals surface area (Å²) in [6.07, 6.45) is 6.11. The molecule has 1 saturated heterocycles. The van der Waals surface area contributed by atoms with E-state index in [4.69, 9.17) is 4.74 Å². The van der Waals surface area contributed by atoms with Crippen LogP contribution in [0.5, 0.6) is 5.75 Å².